The summed E-state index contributed by atoms with van der Waals surface area (Å²) in [5.41, 5.74) is 0. The van der Waals surface area contributed by atoms with Crippen LogP contribution >= 0.6 is 15.9 Å². The maximum absolute atomic E-state index is 3.78. The number of rotatable bonds is 0. The van der Waals surface area contributed by atoms with E-state index in [0.29, 0.717) is 0 Å². The SMILES string of the molecule is Brc1[c-]cccc1.[Ir].c1ccncc1. The topological polar surface area (TPSA) is 12.9 Å². The zero-order valence-corrected chi connectivity index (χ0v) is 11.3. The third kappa shape index (κ3) is 6.96. The molecule has 1 heterocycles. The monoisotopic (exact) mass is 427 g/mol. The number of aromatic nitrogens is 1. The van der Waals surface area contributed by atoms with Crippen LogP contribution in [0.15, 0.2) is 59.3 Å². The second-order valence-electron chi connectivity index (χ2n) is 2.24. The van der Waals surface area contributed by atoms with Gasteiger partial charge in [-0.05, 0) is 12.1 Å². The summed E-state index contributed by atoms with van der Waals surface area (Å²) in [5, 5.41) is 0. The third-order valence-electron chi connectivity index (χ3n) is 1.24. The van der Waals surface area contributed by atoms with Gasteiger partial charge in [0.25, 0.3) is 0 Å². The minimum Gasteiger partial charge on any atom is -0.265 e. The maximum Gasteiger partial charge on any atom is 0.0267 e. The van der Waals surface area contributed by atoms with Gasteiger partial charge in [-0.1, -0.05) is 26.5 Å². The molecule has 0 bridgehead atoms. The molecule has 2 rings (SSSR count). The van der Waals surface area contributed by atoms with Crippen LogP contribution in [0.3, 0.4) is 0 Å². The number of benzene rings is 1. The Labute approximate surface area is 106 Å². The van der Waals surface area contributed by atoms with Crippen LogP contribution in [-0.4, -0.2) is 4.98 Å². The molecular formula is C11H9BrIrN-. The van der Waals surface area contributed by atoms with E-state index in [1.165, 1.54) is 0 Å². The summed E-state index contributed by atoms with van der Waals surface area (Å²) >= 11 is 3.26. The van der Waals surface area contributed by atoms with Crippen molar-refractivity contribution in [2.24, 2.45) is 0 Å². The molecule has 0 atom stereocenters. The van der Waals surface area contributed by atoms with Crippen LogP contribution in [0.4, 0.5) is 0 Å². The minimum absolute atomic E-state index is 0. The molecule has 0 fully saturated rings. The first-order valence-electron chi connectivity index (χ1n) is 3.87. The zero-order chi connectivity index (χ0) is 9.36. The molecule has 0 amide bonds. The molecule has 0 aliphatic heterocycles. The van der Waals surface area contributed by atoms with Crippen molar-refractivity contribution >= 4 is 15.9 Å². The Balaban J connectivity index is 0.000000227. The van der Waals surface area contributed by atoms with Crippen molar-refractivity contribution in [3.63, 3.8) is 0 Å². The Morgan fingerprint density at radius 3 is 1.93 bits per heavy atom. The first kappa shape index (κ1) is 13.5. The van der Waals surface area contributed by atoms with Crippen LogP contribution in [0.1, 0.15) is 0 Å². The zero-order valence-electron chi connectivity index (χ0n) is 7.35. The Morgan fingerprint density at radius 2 is 1.71 bits per heavy atom. The molecule has 75 valence electrons. The van der Waals surface area contributed by atoms with Gasteiger partial charge in [0.1, 0.15) is 0 Å². The summed E-state index contributed by atoms with van der Waals surface area (Å²) in [6.45, 7) is 0. The molecule has 1 nitrogen and oxygen atoms in total. The molecular weight excluding hydrogens is 418 g/mol. The predicted octanol–water partition coefficient (Wildman–Crippen LogP) is 3.33. The predicted molar refractivity (Wildman–Crippen MR) is 57.2 cm³/mol. The van der Waals surface area contributed by atoms with Crippen LogP contribution in [-0.2, 0) is 20.1 Å². The van der Waals surface area contributed by atoms with E-state index in [2.05, 4.69) is 27.0 Å². The van der Waals surface area contributed by atoms with Crippen LogP contribution in [0.5, 0.6) is 0 Å². The fourth-order valence-corrected chi connectivity index (χ4v) is 0.969. The van der Waals surface area contributed by atoms with E-state index in [0.717, 1.165) is 4.47 Å². The molecule has 0 aliphatic carbocycles. The Kier molecular flexibility index (Phi) is 8.75. The van der Waals surface area contributed by atoms with Crippen molar-refractivity contribution in [1.82, 2.24) is 4.98 Å². The molecule has 2 aromatic rings. The van der Waals surface area contributed by atoms with Gasteiger partial charge < -0.3 is 0 Å². The molecule has 1 aromatic heterocycles. The van der Waals surface area contributed by atoms with E-state index in [-0.39, 0.29) is 20.1 Å². The third-order valence-corrected chi connectivity index (χ3v) is 1.73. The fraction of sp³-hybridized carbons (Fsp3) is 0. The Bertz CT molecular complexity index is 286. The Hall–Kier alpha value is -0.501. The first-order chi connectivity index (χ1) is 6.39. The molecule has 0 aliphatic rings. The molecule has 1 aromatic carbocycles. The molecule has 14 heavy (non-hydrogen) atoms. The minimum atomic E-state index is 0. The summed E-state index contributed by atoms with van der Waals surface area (Å²) in [4.78, 5) is 3.78. The van der Waals surface area contributed by atoms with E-state index >= 15 is 0 Å². The van der Waals surface area contributed by atoms with E-state index in [9.17, 15) is 0 Å². The molecule has 0 saturated heterocycles. The van der Waals surface area contributed by atoms with Crippen LogP contribution in [0.2, 0.25) is 0 Å². The first-order valence-corrected chi connectivity index (χ1v) is 4.66. The Morgan fingerprint density at radius 1 is 1.00 bits per heavy atom. The summed E-state index contributed by atoms with van der Waals surface area (Å²) in [7, 11) is 0. The molecule has 3 heteroatoms. The standard InChI is InChI=1S/C6H4Br.C5H5N.Ir/c7-6-4-2-1-3-5-6;1-2-4-6-5-3-1;/h1-4H;1-5H;/q-1;;. The number of hydrogen-bond acceptors (Lipinski definition) is 1. The smallest absolute Gasteiger partial charge is 0.0267 e. The van der Waals surface area contributed by atoms with Crippen LogP contribution in [0.25, 0.3) is 0 Å². The van der Waals surface area contributed by atoms with Gasteiger partial charge >= 0.3 is 0 Å². The normalized spacial score (nSPS) is 7.79. The van der Waals surface area contributed by atoms with Crippen molar-refractivity contribution in [3.8, 4) is 0 Å². The summed E-state index contributed by atoms with van der Waals surface area (Å²) < 4.78 is 1.01. The molecule has 0 N–H and O–H groups in total. The quantitative estimate of drug-likeness (QED) is 0.588. The number of halogens is 1. The second-order valence-corrected chi connectivity index (χ2v) is 3.09. The van der Waals surface area contributed by atoms with E-state index < -0.39 is 0 Å². The average molecular weight is 427 g/mol. The van der Waals surface area contributed by atoms with Crippen molar-refractivity contribution < 1.29 is 20.1 Å². The summed E-state index contributed by atoms with van der Waals surface area (Å²) in [6.07, 6.45) is 3.50. The van der Waals surface area contributed by atoms with E-state index in [4.69, 9.17) is 0 Å². The van der Waals surface area contributed by atoms with Gasteiger partial charge in [-0.2, -0.15) is 30.3 Å². The number of nitrogens with zero attached hydrogens (tertiary/aromatic N) is 1. The molecule has 0 unspecified atom stereocenters. The van der Waals surface area contributed by atoms with Crippen LogP contribution < -0.4 is 0 Å². The van der Waals surface area contributed by atoms with Crippen molar-refractivity contribution in [1.29, 1.82) is 0 Å². The van der Waals surface area contributed by atoms with E-state index in [1.807, 2.05) is 42.5 Å². The number of hydrogen-bond donors (Lipinski definition) is 0. The van der Waals surface area contributed by atoms with Gasteiger partial charge in [0.15, 0.2) is 0 Å². The van der Waals surface area contributed by atoms with Crippen molar-refractivity contribution in [2.75, 3.05) is 0 Å². The van der Waals surface area contributed by atoms with Gasteiger partial charge in [-0.25, -0.2) is 0 Å². The van der Waals surface area contributed by atoms with Crippen LogP contribution in [0, 0.1) is 6.07 Å². The van der Waals surface area contributed by atoms with Gasteiger partial charge in [-0.3, -0.25) is 4.98 Å². The largest absolute Gasteiger partial charge is 0.265 e. The van der Waals surface area contributed by atoms with E-state index in [1.54, 1.807) is 12.4 Å². The average Bonchev–Trinajstić information content (AvgIpc) is 2.22. The fourth-order valence-electron chi connectivity index (χ4n) is 0.684. The molecule has 0 saturated carbocycles. The van der Waals surface area contributed by atoms with Gasteiger partial charge in [0.2, 0.25) is 0 Å². The number of pyridine rings is 1. The molecule has 0 spiro atoms. The van der Waals surface area contributed by atoms with Crippen molar-refractivity contribution in [2.45, 2.75) is 0 Å². The van der Waals surface area contributed by atoms with Crippen molar-refractivity contribution in [3.05, 3.63) is 65.4 Å². The van der Waals surface area contributed by atoms with Gasteiger partial charge in [0, 0.05) is 32.5 Å². The summed E-state index contributed by atoms with van der Waals surface area (Å²) in [6, 6.07) is 16.4. The summed E-state index contributed by atoms with van der Waals surface area (Å²) in [5.74, 6) is 0. The maximum atomic E-state index is 3.78. The van der Waals surface area contributed by atoms with Gasteiger partial charge in [0.05, 0.1) is 0 Å². The molecule has 1 radical (unpaired) electrons. The van der Waals surface area contributed by atoms with Gasteiger partial charge in [-0.15, -0.1) is 0 Å². The second kappa shape index (κ2) is 9.07.